The van der Waals surface area contributed by atoms with Crippen molar-refractivity contribution in [3.05, 3.63) is 34.9 Å². The van der Waals surface area contributed by atoms with Gasteiger partial charge >= 0.3 is 0 Å². The minimum Gasteiger partial charge on any atom is -0.396 e. The zero-order valence-electron chi connectivity index (χ0n) is 11.2. The Balaban J connectivity index is 2.70. The predicted octanol–water partition coefficient (Wildman–Crippen LogP) is 2.41. The van der Waals surface area contributed by atoms with E-state index in [1.807, 2.05) is 6.92 Å². The van der Waals surface area contributed by atoms with Gasteiger partial charge in [-0.15, -0.1) is 0 Å². The van der Waals surface area contributed by atoms with E-state index in [0.717, 1.165) is 12.5 Å². The first-order valence-corrected chi connectivity index (χ1v) is 6.34. The molecular formula is C14H19F2NO2. The van der Waals surface area contributed by atoms with Crippen molar-refractivity contribution in [1.29, 1.82) is 0 Å². The van der Waals surface area contributed by atoms with Crippen LogP contribution in [0.1, 0.15) is 35.7 Å². The van der Waals surface area contributed by atoms with Gasteiger partial charge < -0.3 is 10.4 Å². The number of carbonyl (C=O) groups is 1. The molecule has 0 aliphatic rings. The lowest BCUT2D eigenvalue weighted by Gasteiger charge is -2.14. The van der Waals surface area contributed by atoms with Crippen LogP contribution in [0.25, 0.3) is 0 Å². The Hall–Kier alpha value is -1.49. The van der Waals surface area contributed by atoms with Gasteiger partial charge in [0.2, 0.25) is 0 Å². The van der Waals surface area contributed by atoms with Crippen molar-refractivity contribution in [2.45, 2.75) is 26.7 Å². The largest absolute Gasteiger partial charge is 0.396 e. The lowest BCUT2D eigenvalue weighted by Crippen LogP contribution is -2.30. The van der Waals surface area contributed by atoms with Gasteiger partial charge in [0.15, 0.2) is 0 Å². The van der Waals surface area contributed by atoms with E-state index in [-0.39, 0.29) is 23.7 Å². The molecule has 1 rings (SSSR count). The predicted molar refractivity (Wildman–Crippen MR) is 68.9 cm³/mol. The molecule has 106 valence electrons. The first kappa shape index (κ1) is 15.6. The fraction of sp³-hybridized carbons (Fsp3) is 0.500. The smallest absolute Gasteiger partial charge is 0.254 e. The van der Waals surface area contributed by atoms with Gasteiger partial charge in [-0.05, 0) is 30.9 Å². The van der Waals surface area contributed by atoms with Gasteiger partial charge in [0.05, 0.1) is 5.56 Å². The molecule has 1 aromatic rings. The minimum absolute atomic E-state index is 0.0540. The Labute approximate surface area is 111 Å². The molecule has 0 bridgehead atoms. The normalized spacial score (nSPS) is 12.3. The number of hydrogen-bond acceptors (Lipinski definition) is 2. The lowest BCUT2D eigenvalue weighted by molar-refractivity contribution is 0.0939. The second-order valence-corrected chi connectivity index (χ2v) is 4.58. The summed E-state index contributed by atoms with van der Waals surface area (Å²) in [4.78, 5) is 11.8. The summed E-state index contributed by atoms with van der Waals surface area (Å²) < 4.78 is 26.6. The molecule has 1 aromatic carbocycles. The molecule has 0 spiro atoms. The van der Waals surface area contributed by atoms with Crippen molar-refractivity contribution < 1.29 is 18.7 Å². The maximum atomic E-state index is 13.5. The molecule has 0 saturated heterocycles. The zero-order valence-corrected chi connectivity index (χ0v) is 11.2. The van der Waals surface area contributed by atoms with Gasteiger partial charge in [0, 0.05) is 19.2 Å². The van der Waals surface area contributed by atoms with Gasteiger partial charge in [-0.3, -0.25) is 4.79 Å². The van der Waals surface area contributed by atoms with E-state index in [0.29, 0.717) is 13.0 Å². The molecule has 2 N–H and O–H groups in total. The summed E-state index contributed by atoms with van der Waals surface area (Å²) in [6.45, 7) is 3.85. The number of benzene rings is 1. The molecule has 0 aliphatic carbocycles. The summed E-state index contributed by atoms with van der Waals surface area (Å²) in [5.74, 6) is -1.94. The van der Waals surface area contributed by atoms with Crippen molar-refractivity contribution in [3.8, 4) is 0 Å². The Bertz CT molecular complexity index is 449. The highest BCUT2D eigenvalue weighted by Gasteiger charge is 2.15. The molecule has 19 heavy (non-hydrogen) atoms. The van der Waals surface area contributed by atoms with Gasteiger partial charge in [0.1, 0.15) is 11.6 Å². The van der Waals surface area contributed by atoms with E-state index in [1.165, 1.54) is 13.0 Å². The first-order valence-electron chi connectivity index (χ1n) is 6.34. The van der Waals surface area contributed by atoms with Crippen LogP contribution < -0.4 is 5.32 Å². The molecule has 1 atom stereocenters. The topological polar surface area (TPSA) is 49.3 Å². The van der Waals surface area contributed by atoms with Crippen LogP contribution in [0.3, 0.4) is 0 Å². The van der Waals surface area contributed by atoms with Crippen LogP contribution in [0.4, 0.5) is 8.78 Å². The summed E-state index contributed by atoms with van der Waals surface area (Å²) in [5, 5.41) is 11.5. The first-order chi connectivity index (χ1) is 8.99. The molecule has 0 fully saturated rings. The number of nitrogens with one attached hydrogen (secondary N) is 1. The van der Waals surface area contributed by atoms with Crippen molar-refractivity contribution in [1.82, 2.24) is 5.32 Å². The Morgan fingerprint density at radius 1 is 1.37 bits per heavy atom. The Kier molecular flexibility index (Phi) is 5.89. The number of hydrogen-bond donors (Lipinski definition) is 2. The summed E-state index contributed by atoms with van der Waals surface area (Å²) in [6, 6.07) is 1.92. The molecule has 0 radical (unpaired) electrons. The number of halogens is 2. The number of carbonyl (C=O) groups excluding carboxylic acids is 1. The third kappa shape index (κ3) is 4.28. The van der Waals surface area contributed by atoms with Crippen LogP contribution in [0.5, 0.6) is 0 Å². The van der Waals surface area contributed by atoms with Crippen LogP contribution in [-0.4, -0.2) is 24.2 Å². The number of aryl methyl sites for hydroxylation is 1. The van der Waals surface area contributed by atoms with E-state index < -0.39 is 17.5 Å². The van der Waals surface area contributed by atoms with Gasteiger partial charge in [-0.2, -0.15) is 0 Å². The molecule has 0 aromatic heterocycles. The zero-order chi connectivity index (χ0) is 14.4. The molecular weight excluding hydrogens is 252 g/mol. The average Bonchev–Trinajstić information content (AvgIpc) is 2.38. The van der Waals surface area contributed by atoms with Crippen molar-refractivity contribution in [2.24, 2.45) is 5.92 Å². The molecule has 0 saturated carbocycles. The summed E-state index contributed by atoms with van der Waals surface area (Å²) in [6.07, 6.45) is 1.40. The molecule has 1 unspecified atom stereocenters. The number of amides is 1. The van der Waals surface area contributed by atoms with Crippen LogP contribution >= 0.6 is 0 Å². The molecule has 1 amide bonds. The van der Waals surface area contributed by atoms with Crippen molar-refractivity contribution >= 4 is 5.91 Å². The molecule has 5 heteroatoms. The highest BCUT2D eigenvalue weighted by Crippen LogP contribution is 2.14. The van der Waals surface area contributed by atoms with E-state index in [2.05, 4.69) is 5.32 Å². The summed E-state index contributed by atoms with van der Waals surface area (Å²) in [7, 11) is 0. The maximum absolute atomic E-state index is 13.5. The summed E-state index contributed by atoms with van der Waals surface area (Å²) in [5.41, 5.74) is 0.0756. The minimum atomic E-state index is -0.865. The fourth-order valence-electron chi connectivity index (χ4n) is 1.80. The van der Waals surface area contributed by atoms with Gasteiger partial charge in [-0.25, -0.2) is 8.78 Å². The molecule has 3 nitrogen and oxygen atoms in total. The maximum Gasteiger partial charge on any atom is 0.254 e. The number of rotatable bonds is 6. The van der Waals surface area contributed by atoms with Crippen LogP contribution in [0.2, 0.25) is 0 Å². The SMILES string of the molecule is CCC(CCO)CNC(=O)c1cc(C)c(F)cc1F. The van der Waals surface area contributed by atoms with E-state index in [1.54, 1.807) is 0 Å². The van der Waals surface area contributed by atoms with Crippen LogP contribution in [0.15, 0.2) is 12.1 Å². The lowest BCUT2D eigenvalue weighted by atomic mass is 10.0. The quantitative estimate of drug-likeness (QED) is 0.834. The van der Waals surface area contributed by atoms with Crippen LogP contribution in [0, 0.1) is 24.5 Å². The van der Waals surface area contributed by atoms with Crippen molar-refractivity contribution in [2.75, 3.05) is 13.2 Å². The third-order valence-electron chi connectivity index (χ3n) is 3.16. The fourth-order valence-corrected chi connectivity index (χ4v) is 1.80. The molecule has 0 aliphatic heterocycles. The standard InChI is InChI=1S/C14H19F2NO2/c1-3-10(4-5-18)8-17-14(19)11-6-9(2)12(15)7-13(11)16/h6-7,10,18H,3-5,8H2,1-2H3,(H,17,19). The second-order valence-electron chi connectivity index (χ2n) is 4.58. The Morgan fingerprint density at radius 3 is 2.63 bits per heavy atom. The van der Waals surface area contributed by atoms with Crippen molar-refractivity contribution in [3.63, 3.8) is 0 Å². The van der Waals surface area contributed by atoms with Gasteiger partial charge in [0.25, 0.3) is 5.91 Å². The van der Waals surface area contributed by atoms with E-state index in [4.69, 9.17) is 5.11 Å². The monoisotopic (exact) mass is 271 g/mol. The Morgan fingerprint density at radius 2 is 2.05 bits per heavy atom. The highest BCUT2D eigenvalue weighted by molar-refractivity contribution is 5.94. The van der Waals surface area contributed by atoms with Gasteiger partial charge in [-0.1, -0.05) is 13.3 Å². The number of aliphatic hydroxyl groups is 1. The van der Waals surface area contributed by atoms with E-state index >= 15 is 0 Å². The summed E-state index contributed by atoms with van der Waals surface area (Å²) >= 11 is 0. The number of aliphatic hydroxyl groups excluding tert-OH is 1. The van der Waals surface area contributed by atoms with E-state index in [9.17, 15) is 13.6 Å². The third-order valence-corrected chi connectivity index (χ3v) is 3.16. The second kappa shape index (κ2) is 7.19. The molecule has 0 heterocycles. The highest BCUT2D eigenvalue weighted by atomic mass is 19.1. The average molecular weight is 271 g/mol. The van der Waals surface area contributed by atoms with Crippen LogP contribution in [-0.2, 0) is 0 Å².